The van der Waals surface area contributed by atoms with Gasteiger partial charge in [0.05, 0.1) is 18.9 Å². The van der Waals surface area contributed by atoms with Crippen molar-refractivity contribution in [1.29, 1.82) is 0 Å². The number of hydrogen-bond donors (Lipinski definition) is 0. The van der Waals surface area contributed by atoms with Gasteiger partial charge in [0.25, 0.3) is 0 Å². The third-order valence-corrected chi connectivity index (χ3v) is 6.33. The Bertz CT molecular complexity index is 643. The van der Waals surface area contributed by atoms with Crippen molar-refractivity contribution in [2.24, 2.45) is 5.41 Å². The number of carbonyl (C=O) groups is 1. The molecule has 1 amide bonds. The van der Waals surface area contributed by atoms with Crippen LogP contribution in [0.3, 0.4) is 0 Å². The first-order valence-corrected chi connectivity index (χ1v) is 11.0. The van der Waals surface area contributed by atoms with E-state index in [9.17, 15) is 4.79 Å². The Balaban J connectivity index is 2.24. The predicted octanol–water partition coefficient (Wildman–Crippen LogP) is 6.34. The summed E-state index contributed by atoms with van der Waals surface area (Å²) < 4.78 is 5.48. The summed E-state index contributed by atoms with van der Waals surface area (Å²) in [5.74, 6) is 1.28. The van der Waals surface area contributed by atoms with E-state index in [-0.39, 0.29) is 11.5 Å². The molecule has 2 aliphatic rings. The van der Waals surface area contributed by atoms with Crippen LogP contribution in [-0.4, -0.2) is 30.5 Å². The van der Waals surface area contributed by atoms with Gasteiger partial charge in [0.2, 0.25) is 5.91 Å². The smallest absolute Gasteiger partial charge is 0.223 e. The molecule has 0 spiro atoms. The quantitative estimate of drug-likeness (QED) is 0.277. The molecule has 1 heterocycles. The summed E-state index contributed by atoms with van der Waals surface area (Å²) in [4.78, 5) is 15.0. The fourth-order valence-electron chi connectivity index (χ4n) is 4.71. The molecule has 2 rings (SSSR count). The van der Waals surface area contributed by atoms with Crippen LogP contribution in [0, 0.1) is 5.41 Å². The molecule has 0 saturated carbocycles. The van der Waals surface area contributed by atoms with Crippen molar-refractivity contribution in [1.82, 2.24) is 4.90 Å². The molecule has 2 unspecified atom stereocenters. The highest BCUT2D eigenvalue weighted by Crippen LogP contribution is 2.44. The Hall–Kier alpha value is -1.77. The van der Waals surface area contributed by atoms with Crippen LogP contribution >= 0.6 is 0 Å². The first kappa shape index (κ1) is 22.5. The number of likely N-dealkylation sites (tertiary alicyclic amines) is 1. The lowest BCUT2D eigenvalue weighted by atomic mass is 9.69. The van der Waals surface area contributed by atoms with Gasteiger partial charge in [-0.2, -0.15) is 0 Å². The molecule has 3 heteroatoms. The standard InChI is InChI=1S/C25H39NO2/c1-6-8-9-12-17-26-23(27)14-16-25(4)15-11-10-13-21(18-20(3)24(25)26)19-22(7-2)28-5/h7,10-11,13,24H,3,6,8-9,12,14-19H2,1-2,4-5H3/b11-10-,21-13+,22-7+. The summed E-state index contributed by atoms with van der Waals surface area (Å²) >= 11 is 0. The first-order chi connectivity index (χ1) is 13.4. The topological polar surface area (TPSA) is 29.5 Å². The second-order valence-corrected chi connectivity index (χ2v) is 8.63. The molecule has 0 radical (unpaired) electrons. The number of rotatable bonds is 8. The van der Waals surface area contributed by atoms with Gasteiger partial charge in [-0.3, -0.25) is 4.79 Å². The van der Waals surface area contributed by atoms with Gasteiger partial charge >= 0.3 is 0 Å². The fourth-order valence-corrected chi connectivity index (χ4v) is 4.71. The van der Waals surface area contributed by atoms with Crippen LogP contribution in [0.2, 0.25) is 0 Å². The molecular formula is C25H39NO2. The predicted molar refractivity (Wildman–Crippen MR) is 118 cm³/mol. The summed E-state index contributed by atoms with van der Waals surface area (Å²) in [6.45, 7) is 11.9. The van der Waals surface area contributed by atoms with Crippen molar-refractivity contribution in [3.05, 3.63) is 47.8 Å². The third-order valence-electron chi connectivity index (χ3n) is 6.33. The minimum Gasteiger partial charge on any atom is -0.501 e. The van der Waals surface area contributed by atoms with E-state index in [1.807, 2.05) is 13.0 Å². The van der Waals surface area contributed by atoms with Gasteiger partial charge in [-0.05, 0) is 44.1 Å². The van der Waals surface area contributed by atoms with E-state index in [1.165, 1.54) is 30.4 Å². The first-order valence-electron chi connectivity index (χ1n) is 11.0. The molecule has 156 valence electrons. The lowest BCUT2D eigenvalue weighted by molar-refractivity contribution is -0.141. The second kappa shape index (κ2) is 10.7. The Morgan fingerprint density at radius 3 is 2.86 bits per heavy atom. The lowest BCUT2D eigenvalue weighted by Gasteiger charge is -2.49. The van der Waals surface area contributed by atoms with Crippen molar-refractivity contribution in [2.75, 3.05) is 13.7 Å². The fraction of sp³-hybridized carbons (Fsp3) is 0.640. The minimum absolute atomic E-state index is 0.0697. The number of nitrogens with zero attached hydrogens (tertiary/aromatic N) is 1. The highest BCUT2D eigenvalue weighted by molar-refractivity contribution is 5.78. The van der Waals surface area contributed by atoms with Gasteiger partial charge in [0.15, 0.2) is 0 Å². The van der Waals surface area contributed by atoms with Gasteiger partial charge < -0.3 is 9.64 Å². The zero-order valence-electron chi connectivity index (χ0n) is 18.4. The van der Waals surface area contributed by atoms with Crippen molar-refractivity contribution >= 4 is 5.91 Å². The normalized spacial score (nSPS) is 29.3. The van der Waals surface area contributed by atoms with Crippen LogP contribution in [0.5, 0.6) is 0 Å². The Morgan fingerprint density at radius 1 is 1.39 bits per heavy atom. The van der Waals surface area contributed by atoms with Gasteiger partial charge in [0.1, 0.15) is 0 Å². The van der Waals surface area contributed by atoms with Crippen molar-refractivity contribution in [3.63, 3.8) is 0 Å². The molecule has 1 aliphatic carbocycles. The Labute approximate surface area is 172 Å². The van der Waals surface area contributed by atoms with Crippen LogP contribution in [0.4, 0.5) is 0 Å². The zero-order chi connectivity index (χ0) is 20.6. The molecular weight excluding hydrogens is 346 g/mol. The summed E-state index contributed by atoms with van der Waals surface area (Å²) in [5.41, 5.74) is 2.54. The molecule has 0 bridgehead atoms. The molecule has 0 aromatic heterocycles. The van der Waals surface area contributed by atoms with E-state index in [1.54, 1.807) is 7.11 Å². The van der Waals surface area contributed by atoms with Crippen LogP contribution in [0.15, 0.2) is 47.8 Å². The van der Waals surface area contributed by atoms with Crippen LogP contribution in [0.25, 0.3) is 0 Å². The number of ether oxygens (including phenoxy) is 1. The molecule has 28 heavy (non-hydrogen) atoms. The maximum atomic E-state index is 12.9. The van der Waals surface area contributed by atoms with E-state index in [0.717, 1.165) is 44.4 Å². The average molecular weight is 386 g/mol. The molecule has 3 nitrogen and oxygen atoms in total. The second-order valence-electron chi connectivity index (χ2n) is 8.63. The van der Waals surface area contributed by atoms with Crippen LogP contribution < -0.4 is 0 Å². The monoisotopic (exact) mass is 385 g/mol. The number of amides is 1. The third kappa shape index (κ3) is 5.62. The maximum absolute atomic E-state index is 12.9. The summed E-state index contributed by atoms with van der Waals surface area (Å²) in [6.07, 6.45) is 17.6. The Morgan fingerprint density at radius 2 is 2.18 bits per heavy atom. The summed E-state index contributed by atoms with van der Waals surface area (Å²) in [7, 11) is 1.73. The van der Waals surface area contributed by atoms with Crippen molar-refractivity contribution < 1.29 is 9.53 Å². The average Bonchev–Trinajstić information content (AvgIpc) is 2.73. The number of unbranched alkanes of at least 4 members (excludes halogenated alkanes) is 3. The SMILES string of the molecule is C=C1C/C(C/C(=C\C)OC)=C\C=C/CC2(C)CCC(=O)N(CCCCCC)C12. The van der Waals surface area contributed by atoms with E-state index < -0.39 is 0 Å². The molecule has 0 aromatic rings. The van der Waals surface area contributed by atoms with Crippen LogP contribution in [-0.2, 0) is 9.53 Å². The van der Waals surface area contributed by atoms with Crippen molar-refractivity contribution in [2.45, 2.75) is 84.6 Å². The molecule has 0 aromatic carbocycles. The van der Waals surface area contributed by atoms with E-state index in [0.29, 0.717) is 12.3 Å². The molecule has 2 atom stereocenters. The number of piperidine rings is 1. The Kier molecular flexibility index (Phi) is 8.59. The summed E-state index contributed by atoms with van der Waals surface area (Å²) in [5, 5.41) is 0. The number of allylic oxidation sites excluding steroid dienone is 5. The minimum atomic E-state index is 0.0697. The van der Waals surface area contributed by atoms with E-state index in [4.69, 9.17) is 4.74 Å². The van der Waals surface area contributed by atoms with Gasteiger partial charge in [-0.15, -0.1) is 0 Å². The molecule has 1 saturated heterocycles. The van der Waals surface area contributed by atoms with E-state index >= 15 is 0 Å². The largest absolute Gasteiger partial charge is 0.501 e. The van der Waals surface area contributed by atoms with Gasteiger partial charge in [0, 0.05) is 19.4 Å². The molecule has 1 fully saturated rings. The highest BCUT2D eigenvalue weighted by atomic mass is 16.5. The number of methoxy groups -OCH3 is 1. The number of carbonyl (C=O) groups excluding carboxylic acids is 1. The van der Waals surface area contributed by atoms with Gasteiger partial charge in [-0.25, -0.2) is 0 Å². The molecule has 1 aliphatic heterocycles. The zero-order valence-corrected chi connectivity index (χ0v) is 18.4. The highest BCUT2D eigenvalue weighted by Gasteiger charge is 2.44. The number of hydrogen-bond acceptors (Lipinski definition) is 2. The lowest BCUT2D eigenvalue weighted by Crippen LogP contribution is -2.54. The van der Waals surface area contributed by atoms with E-state index in [2.05, 4.69) is 43.6 Å². The maximum Gasteiger partial charge on any atom is 0.223 e. The number of fused-ring (bicyclic) bond motifs is 1. The summed E-state index contributed by atoms with van der Waals surface area (Å²) in [6, 6.07) is 0.123. The van der Waals surface area contributed by atoms with Gasteiger partial charge in [-0.1, -0.05) is 69.1 Å². The molecule has 0 N–H and O–H groups in total. The van der Waals surface area contributed by atoms with Crippen molar-refractivity contribution in [3.8, 4) is 0 Å². The van der Waals surface area contributed by atoms with Crippen LogP contribution in [0.1, 0.15) is 78.6 Å².